The lowest BCUT2D eigenvalue weighted by Gasteiger charge is -2.17. The molecule has 0 saturated heterocycles. The molecule has 0 radical (unpaired) electrons. The van der Waals surface area contributed by atoms with Gasteiger partial charge in [-0.15, -0.1) is 11.3 Å². The van der Waals surface area contributed by atoms with E-state index in [1.807, 2.05) is 0 Å². The number of amides is 1. The molecule has 2 aromatic heterocycles. The number of carbonyl (C=O) groups is 1. The van der Waals surface area contributed by atoms with Crippen molar-refractivity contribution in [1.29, 1.82) is 0 Å². The maximum absolute atomic E-state index is 13.8. The Balaban J connectivity index is 1.46. The Morgan fingerprint density at radius 3 is 2.89 bits per heavy atom. The summed E-state index contributed by atoms with van der Waals surface area (Å²) in [6.07, 6.45) is 4.80. The second-order valence-electron chi connectivity index (χ2n) is 7.24. The molecule has 0 fully saturated rings. The second-order valence-corrected chi connectivity index (χ2v) is 8.33. The van der Waals surface area contributed by atoms with Crippen LogP contribution in [0.5, 0.6) is 0 Å². The number of nitrogens with one attached hydrogen (secondary N) is 1. The summed E-state index contributed by atoms with van der Waals surface area (Å²) >= 11 is 1.60. The Hall–Kier alpha value is -2.54. The summed E-state index contributed by atoms with van der Waals surface area (Å²) in [7, 11) is 1.65. The summed E-state index contributed by atoms with van der Waals surface area (Å²) in [5, 5.41) is 0.728. The molecule has 2 heterocycles. The minimum Gasteiger partial charge on any atom is -0.341 e. The summed E-state index contributed by atoms with van der Waals surface area (Å²) < 4.78 is 13.8. The number of H-pyrrole nitrogens is 1. The van der Waals surface area contributed by atoms with Gasteiger partial charge >= 0.3 is 0 Å². The number of fused-ring (bicyclic) bond motifs is 3. The fraction of sp³-hybridized carbons (Fsp3) is 0.381. The zero-order valence-corrected chi connectivity index (χ0v) is 16.6. The molecule has 1 aliphatic carbocycles. The van der Waals surface area contributed by atoms with Crippen LogP contribution < -0.4 is 5.56 Å². The topological polar surface area (TPSA) is 66.1 Å². The molecule has 0 unspecified atom stereocenters. The Morgan fingerprint density at radius 1 is 1.29 bits per heavy atom. The molecule has 1 N–H and O–H groups in total. The number of rotatable bonds is 5. The van der Waals surface area contributed by atoms with Crippen molar-refractivity contribution in [1.82, 2.24) is 14.9 Å². The lowest BCUT2D eigenvalue weighted by atomic mass is 9.97. The molecule has 3 aromatic rings. The van der Waals surface area contributed by atoms with E-state index in [-0.39, 0.29) is 30.2 Å². The lowest BCUT2D eigenvalue weighted by Crippen LogP contribution is -2.27. The first-order valence-electron chi connectivity index (χ1n) is 9.53. The van der Waals surface area contributed by atoms with Gasteiger partial charge in [-0.1, -0.05) is 18.2 Å². The van der Waals surface area contributed by atoms with E-state index in [0.29, 0.717) is 17.8 Å². The first kappa shape index (κ1) is 18.8. The molecule has 1 amide bonds. The van der Waals surface area contributed by atoms with E-state index in [4.69, 9.17) is 0 Å². The molecular formula is C21H22FN3O2S. The molecule has 0 spiro atoms. The van der Waals surface area contributed by atoms with Gasteiger partial charge in [0.2, 0.25) is 5.91 Å². The Bertz CT molecular complexity index is 1090. The van der Waals surface area contributed by atoms with Crippen molar-refractivity contribution in [3.63, 3.8) is 0 Å². The van der Waals surface area contributed by atoms with Gasteiger partial charge in [-0.05, 0) is 37.3 Å². The van der Waals surface area contributed by atoms with Crippen molar-refractivity contribution in [3.05, 3.63) is 62.3 Å². The summed E-state index contributed by atoms with van der Waals surface area (Å²) in [6.45, 7) is 0.214. The van der Waals surface area contributed by atoms with Crippen LogP contribution in [-0.2, 0) is 30.6 Å². The number of benzene rings is 1. The minimum atomic E-state index is -0.319. The number of aromatic nitrogens is 2. The molecule has 5 nitrogen and oxygen atoms in total. The van der Waals surface area contributed by atoms with Crippen LogP contribution in [0.4, 0.5) is 4.39 Å². The molecule has 146 valence electrons. The van der Waals surface area contributed by atoms with Crippen LogP contribution in [0.1, 0.15) is 41.1 Å². The van der Waals surface area contributed by atoms with Crippen LogP contribution in [0.2, 0.25) is 0 Å². The monoisotopic (exact) mass is 399 g/mol. The van der Waals surface area contributed by atoms with Gasteiger partial charge < -0.3 is 9.88 Å². The predicted octanol–water partition coefficient (Wildman–Crippen LogP) is 3.59. The lowest BCUT2D eigenvalue weighted by molar-refractivity contribution is -0.130. The maximum Gasteiger partial charge on any atom is 0.259 e. The maximum atomic E-state index is 13.8. The van der Waals surface area contributed by atoms with Gasteiger partial charge in [0.25, 0.3) is 5.56 Å². The zero-order valence-electron chi connectivity index (χ0n) is 15.8. The highest BCUT2D eigenvalue weighted by molar-refractivity contribution is 7.18. The number of hydrogen-bond donors (Lipinski definition) is 1. The van der Waals surface area contributed by atoms with Crippen LogP contribution in [-0.4, -0.2) is 27.8 Å². The van der Waals surface area contributed by atoms with Crippen LogP contribution in [0, 0.1) is 5.82 Å². The van der Waals surface area contributed by atoms with E-state index in [1.54, 1.807) is 36.6 Å². The molecule has 28 heavy (non-hydrogen) atoms. The first-order valence-corrected chi connectivity index (χ1v) is 10.4. The molecule has 0 bridgehead atoms. The van der Waals surface area contributed by atoms with Crippen LogP contribution >= 0.6 is 11.3 Å². The molecule has 7 heteroatoms. The average molecular weight is 399 g/mol. The van der Waals surface area contributed by atoms with E-state index in [1.165, 1.54) is 15.8 Å². The van der Waals surface area contributed by atoms with Crippen LogP contribution in [0.25, 0.3) is 10.2 Å². The molecule has 1 aromatic carbocycles. The third-order valence-electron chi connectivity index (χ3n) is 5.24. The number of aryl methyl sites for hydroxylation is 3. The van der Waals surface area contributed by atoms with Gasteiger partial charge in [0.15, 0.2) is 0 Å². The average Bonchev–Trinajstić information content (AvgIpc) is 3.06. The largest absolute Gasteiger partial charge is 0.341 e. The fourth-order valence-corrected chi connectivity index (χ4v) is 4.99. The van der Waals surface area contributed by atoms with Crippen molar-refractivity contribution in [3.8, 4) is 0 Å². The SMILES string of the molecule is CN(Cc1ccccc1F)C(=O)CCc1nc2sc3c(c2c(=O)[nH]1)CCCC3. The number of thiophene rings is 1. The third kappa shape index (κ3) is 3.71. The molecule has 0 saturated carbocycles. The molecule has 1 aliphatic rings. The van der Waals surface area contributed by atoms with Crippen molar-refractivity contribution < 1.29 is 9.18 Å². The zero-order chi connectivity index (χ0) is 19.7. The van der Waals surface area contributed by atoms with Gasteiger partial charge in [0, 0.05) is 36.9 Å². The van der Waals surface area contributed by atoms with Crippen molar-refractivity contribution in [2.24, 2.45) is 0 Å². The van der Waals surface area contributed by atoms with Crippen LogP contribution in [0.3, 0.4) is 0 Å². The van der Waals surface area contributed by atoms with E-state index < -0.39 is 0 Å². The van der Waals surface area contributed by atoms with Crippen molar-refractivity contribution in [2.45, 2.75) is 45.1 Å². The Morgan fingerprint density at radius 2 is 2.07 bits per heavy atom. The highest BCUT2D eigenvalue weighted by Crippen LogP contribution is 2.33. The van der Waals surface area contributed by atoms with E-state index in [0.717, 1.165) is 41.5 Å². The Labute approximate surface area is 166 Å². The highest BCUT2D eigenvalue weighted by Gasteiger charge is 2.20. The van der Waals surface area contributed by atoms with Gasteiger partial charge in [-0.3, -0.25) is 9.59 Å². The molecule has 4 rings (SSSR count). The predicted molar refractivity (Wildman–Crippen MR) is 108 cm³/mol. The first-order chi connectivity index (χ1) is 13.5. The Kier molecular flexibility index (Phi) is 5.26. The fourth-order valence-electron chi connectivity index (χ4n) is 3.71. The van der Waals surface area contributed by atoms with Crippen LogP contribution in [0.15, 0.2) is 29.1 Å². The third-order valence-corrected chi connectivity index (χ3v) is 6.43. The van der Waals surface area contributed by atoms with Gasteiger partial charge in [-0.2, -0.15) is 0 Å². The van der Waals surface area contributed by atoms with E-state index >= 15 is 0 Å². The smallest absolute Gasteiger partial charge is 0.259 e. The summed E-state index contributed by atoms with van der Waals surface area (Å²) in [6, 6.07) is 6.44. The number of carbonyl (C=O) groups excluding carboxylic acids is 1. The number of nitrogens with zero attached hydrogens (tertiary/aromatic N) is 2. The number of hydrogen-bond acceptors (Lipinski definition) is 4. The molecular weight excluding hydrogens is 377 g/mol. The molecule has 0 atom stereocenters. The van der Waals surface area contributed by atoms with Crippen molar-refractivity contribution in [2.75, 3.05) is 7.05 Å². The number of halogens is 1. The standard InChI is InChI=1S/C21H22FN3O2S/c1-25(12-13-6-2-4-8-15(13)22)18(26)11-10-17-23-20(27)19-14-7-3-5-9-16(14)28-21(19)24-17/h2,4,6,8H,3,5,7,9-12H2,1H3,(H,23,24,27). The molecule has 0 aliphatic heterocycles. The normalized spacial score (nSPS) is 13.5. The summed E-state index contributed by atoms with van der Waals surface area (Å²) in [5.41, 5.74) is 1.54. The van der Waals surface area contributed by atoms with E-state index in [9.17, 15) is 14.0 Å². The van der Waals surface area contributed by atoms with Gasteiger partial charge in [0.1, 0.15) is 16.5 Å². The van der Waals surface area contributed by atoms with Gasteiger partial charge in [0.05, 0.1) is 5.39 Å². The second kappa shape index (κ2) is 7.83. The van der Waals surface area contributed by atoms with Crippen molar-refractivity contribution >= 4 is 27.5 Å². The highest BCUT2D eigenvalue weighted by atomic mass is 32.1. The minimum absolute atomic E-state index is 0.105. The van der Waals surface area contributed by atoms with Gasteiger partial charge in [-0.25, -0.2) is 9.37 Å². The quantitative estimate of drug-likeness (QED) is 0.713. The summed E-state index contributed by atoms with van der Waals surface area (Å²) in [4.78, 5) is 36.0. The van der Waals surface area contributed by atoms with E-state index in [2.05, 4.69) is 9.97 Å². The summed E-state index contributed by atoms with van der Waals surface area (Å²) in [5.74, 6) is 0.0977. The number of aromatic amines is 1.